The number of aromatic nitrogens is 13. The minimum Gasteiger partial charge on any atom is -0.256 e. The molecule has 0 aliphatic rings. The molecule has 13 heteroatoms. The largest absolute Gasteiger partial charge is 0.256 e. The molecule has 13 nitrogen and oxygen atoms in total. The number of para-hydroxylation sites is 3. The van der Waals surface area contributed by atoms with Gasteiger partial charge in [0.05, 0.1) is 94.5 Å². The van der Waals surface area contributed by atoms with Crippen molar-refractivity contribution in [3.05, 3.63) is 303 Å². The molecule has 0 bridgehead atoms. The van der Waals surface area contributed by atoms with Crippen molar-refractivity contribution in [3.8, 4) is 0 Å². The maximum absolute atomic E-state index is 4.44. The van der Waals surface area contributed by atoms with Crippen molar-refractivity contribution in [1.29, 1.82) is 0 Å². The fourth-order valence-corrected chi connectivity index (χ4v) is 10.3. The smallest absolute Gasteiger partial charge is 0.0919 e. The van der Waals surface area contributed by atoms with Crippen LogP contribution in [-0.4, -0.2) is 64.8 Å². The van der Waals surface area contributed by atoms with Gasteiger partial charge in [0.15, 0.2) is 0 Å². The van der Waals surface area contributed by atoms with Crippen molar-refractivity contribution >= 4 is 87.9 Å². The maximum Gasteiger partial charge on any atom is 0.0919 e. The number of nitrogens with zero attached hydrogens (tertiary/aromatic N) is 13. The third-order valence-electron chi connectivity index (χ3n) is 16.2. The Labute approximate surface area is 563 Å². The van der Waals surface area contributed by atoms with Crippen molar-refractivity contribution in [2.24, 2.45) is 0 Å². The standard InChI is InChI=1S/3C11H11N.5C10H10N2/c1-8-3-5-10-6-4-9(2)12-11(10)7-8;1-8-5-6-9(2)11-10(8)4-3-7-12-11;1-8-6-10-4-3-5-12-11(10)7-9(8)2;1-7-5-9-10(6-8(7)2)12-4-3-11-9;1-7-3-4-9-10(5-7)11-6-8(2)12-9;1-7-3-4-8(2)10-9(7)11-5-6-12-10;1-7-4-3-5-9-10(7)12-8(2)6-11-9;1-7-8(2)12-10-6-4-3-5-9(10)11-7/h3*3-7H,1-2H3;5*3-6H,1-2H3. The monoisotopic (exact) mass is 1260 g/mol. The first-order valence-electron chi connectivity index (χ1n) is 32.1. The number of aryl methyl sites for hydroxylation is 16. The topological polar surface area (TPSA) is 168 Å². The molecule has 0 spiro atoms. The van der Waals surface area contributed by atoms with Crippen LogP contribution in [0.15, 0.2) is 213 Å². The first kappa shape index (κ1) is 69.0. The van der Waals surface area contributed by atoms with Gasteiger partial charge < -0.3 is 0 Å². The van der Waals surface area contributed by atoms with Crippen molar-refractivity contribution < 1.29 is 0 Å². The Kier molecular flexibility index (Phi) is 23.4. The molecule has 0 saturated heterocycles. The number of rotatable bonds is 0. The van der Waals surface area contributed by atoms with E-state index >= 15 is 0 Å². The van der Waals surface area contributed by atoms with Gasteiger partial charge in [-0.2, -0.15) is 0 Å². The van der Waals surface area contributed by atoms with E-state index in [0.29, 0.717) is 0 Å². The molecule has 0 fully saturated rings. The Bertz CT molecular complexity index is 4780. The molecule has 8 heterocycles. The van der Waals surface area contributed by atoms with Crippen molar-refractivity contribution in [2.45, 2.75) is 111 Å². The Balaban J connectivity index is 0.000000129. The van der Waals surface area contributed by atoms with Gasteiger partial charge in [-0.25, -0.2) is 19.9 Å². The van der Waals surface area contributed by atoms with Crippen molar-refractivity contribution in [1.82, 2.24) is 64.8 Å². The van der Waals surface area contributed by atoms with Crippen LogP contribution in [0.5, 0.6) is 0 Å². The van der Waals surface area contributed by atoms with E-state index in [1.165, 1.54) is 77.4 Å². The van der Waals surface area contributed by atoms with Gasteiger partial charge >= 0.3 is 0 Å². The average Bonchev–Trinajstić information content (AvgIpc) is 0.897. The van der Waals surface area contributed by atoms with E-state index in [9.17, 15) is 0 Å². The number of hydrogen-bond donors (Lipinski definition) is 0. The van der Waals surface area contributed by atoms with E-state index in [0.717, 1.165) is 100 Å². The van der Waals surface area contributed by atoms with E-state index in [-0.39, 0.29) is 0 Å². The summed E-state index contributed by atoms with van der Waals surface area (Å²) in [6.07, 6.45) is 14.2. The van der Waals surface area contributed by atoms with Gasteiger partial charge in [-0.05, 0) is 251 Å². The minimum absolute atomic E-state index is 0.964. The Morgan fingerprint density at radius 2 is 0.646 bits per heavy atom. The van der Waals surface area contributed by atoms with Gasteiger partial charge in [0.25, 0.3) is 0 Å². The number of benzene rings is 8. The molecule has 480 valence electrons. The fourth-order valence-electron chi connectivity index (χ4n) is 10.3. The summed E-state index contributed by atoms with van der Waals surface area (Å²) in [5, 5.41) is 3.70. The molecule has 16 aromatic rings. The molecule has 0 unspecified atom stereocenters. The summed E-state index contributed by atoms with van der Waals surface area (Å²) in [6.45, 7) is 32.8. The van der Waals surface area contributed by atoms with E-state index in [4.69, 9.17) is 0 Å². The van der Waals surface area contributed by atoms with Crippen molar-refractivity contribution in [2.75, 3.05) is 0 Å². The van der Waals surface area contributed by atoms with Crippen LogP contribution in [0.25, 0.3) is 87.9 Å². The van der Waals surface area contributed by atoms with E-state index in [2.05, 4.69) is 238 Å². The highest BCUT2D eigenvalue weighted by atomic mass is 14.8. The normalized spacial score (nSPS) is 10.5. The van der Waals surface area contributed by atoms with Crippen LogP contribution < -0.4 is 0 Å². The molecular formula is C83H83N13. The highest BCUT2D eigenvalue weighted by Gasteiger charge is 2.05. The summed E-state index contributed by atoms with van der Waals surface area (Å²) >= 11 is 0. The lowest BCUT2D eigenvalue weighted by Crippen LogP contribution is -1.92. The molecule has 16 rings (SSSR count). The van der Waals surface area contributed by atoms with Crippen LogP contribution in [0.3, 0.4) is 0 Å². The molecule has 0 aliphatic carbocycles. The summed E-state index contributed by atoms with van der Waals surface area (Å²) in [7, 11) is 0. The highest BCUT2D eigenvalue weighted by Crippen LogP contribution is 2.22. The van der Waals surface area contributed by atoms with E-state index in [1.807, 2.05) is 114 Å². The third kappa shape index (κ3) is 18.5. The van der Waals surface area contributed by atoms with Crippen molar-refractivity contribution in [3.63, 3.8) is 0 Å². The fraction of sp³-hybridized carbons (Fsp3) is 0.193. The summed E-state index contributed by atoms with van der Waals surface area (Å²) in [5.74, 6) is 0. The molecule has 0 saturated carbocycles. The summed E-state index contributed by atoms with van der Waals surface area (Å²) in [4.78, 5) is 56.2. The SMILES string of the molecule is Cc1cc2cccnc2cc1C.Cc1cc2nccnc2cc1C.Cc1ccc(C)c2ncccc12.Cc1ccc(C)c2nccnc12.Cc1ccc2ccc(C)nc2c1.Cc1ccc2nc(C)cnc2c1.Cc1cnc2cccc(C)c2n1.Cc1nc2ccccc2nc1C. The molecule has 8 aromatic heterocycles. The summed E-state index contributed by atoms with van der Waals surface area (Å²) < 4.78 is 0. The zero-order valence-corrected chi connectivity index (χ0v) is 58.0. The van der Waals surface area contributed by atoms with E-state index in [1.54, 1.807) is 37.2 Å². The Morgan fingerprint density at radius 3 is 1.27 bits per heavy atom. The molecule has 0 atom stereocenters. The molecular weight excluding hydrogens is 1180 g/mol. The Hall–Kier alpha value is -11.3. The van der Waals surface area contributed by atoms with E-state index < -0.39 is 0 Å². The van der Waals surface area contributed by atoms with Crippen LogP contribution >= 0.6 is 0 Å². The first-order valence-corrected chi connectivity index (χ1v) is 32.1. The maximum atomic E-state index is 4.44. The molecule has 0 radical (unpaired) electrons. The second kappa shape index (κ2) is 32.5. The molecule has 0 N–H and O–H groups in total. The minimum atomic E-state index is 0.964. The third-order valence-corrected chi connectivity index (χ3v) is 16.2. The van der Waals surface area contributed by atoms with Crippen LogP contribution in [0.4, 0.5) is 0 Å². The lowest BCUT2D eigenvalue weighted by Gasteiger charge is -2.02. The second-order valence-electron chi connectivity index (χ2n) is 24.2. The molecule has 0 aliphatic heterocycles. The lowest BCUT2D eigenvalue weighted by atomic mass is 10.1. The number of pyridine rings is 3. The van der Waals surface area contributed by atoms with Gasteiger partial charge in [-0.3, -0.25) is 44.9 Å². The predicted octanol–water partition coefficient (Wildman–Crippen LogP) is 19.8. The Morgan fingerprint density at radius 1 is 0.208 bits per heavy atom. The van der Waals surface area contributed by atoms with Gasteiger partial charge in [-0.15, -0.1) is 0 Å². The van der Waals surface area contributed by atoms with Crippen LogP contribution in [0.2, 0.25) is 0 Å². The number of hydrogen-bond acceptors (Lipinski definition) is 13. The van der Waals surface area contributed by atoms with Gasteiger partial charge in [0, 0.05) is 71.4 Å². The quantitative estimate of drug-likeness (QED) is 0.141. The zero-order chi connectivity index (χ0) is 68.4. The van der Waals surface area contributed by atoms with Gasteiger partial charge in [-0.1, -0.05) is 84.9 Å². The molecule has 96 heavy (non-hydrogen) atoms. The van der Waals surface area contributed by atoms with Crippen LogP contribution in [0, 0.1) is 111 Å². The predicted molar refractivity (Wildman–Crippen MR) is 399 cm³/mol. The van der Waals surface area contributed by atoms with Gasteiger partial charge in [0.1, 0.15) is 0 Å². The molecule has 8 aromatic carbocycles. The summed E-state index contributed by atoms with van der Waals surface area (Å²) in [5.41, 5.74) is 31.9. The zero-order valence-electron chi connectivity index (χ0n) is 58.0. The lowest BCUT2D eigenvalue weighted by molar-refractivity contribution is 1.10. The molecule has 0 amide bonds. The highest BCUT2D eigenvalue weighted by molar-refractivity contribution is 5.85. The second-order valence-corrected chi connectivity index (χ2v) is 24.2. The van der Waals surface area contributed by atoms with Crippen LogP contribution in [0.1, 0.15) is 89.7 Å². The number of fused-ring (bicyclic) bond motifs is 8. The van der Waals surface area contributed by atoms with Gasteiger partial charge in [0.2, 0.25) is 0 Å². The first-order chi connectivity index (χ1) is 46.2. The van der Waals surface area contributed by atoms with Crippen LogP contribution in [-0.2, 0) is 0 Å². The summed E-state index contributed by atoms with van der Waals surface area (Å²) in [6, 6.07) is 55.5. The average molecular weight is 1260 g/mol.